The minimum absolute atomic E-state index is 0.109. The Morgan fingerprint density at radius 2 is 2.05 bits per heavy atom. The molecule has 3 N–H and O–H groups in total. The maximum atomic E-state index is 13.1. The fraction of sp³-hybridized carbons (Fsp3) is 0.357. The van der Waals surface area contributed by atoms with Gasteiger partial charge in [-0.25, -0.2) is 9.97 Å². The lowest BCUT2D eigenvalue weighted by molar-refractivity contribution is 0.0546. The second-order valence-corrected chi connectivity index (χ2v) is 10.6. The Bertz CT molecular complexity index is 1440. The van der Waals surface area contributed by atoms with E-state index in [-0.39, 0.29) is 22.4 Å². The number of piperidine rings is 1. The van der Waals surface area contributed by atoms with Crippen LogP contribution in [-0.2, 0) is 5.41 Å². The van der Waals surface area contributed by atoms with Crippen molar-refractivity contribution in [2.75, 3.05) is 37.4 Å². The van der Waals surface area contributed by atoms with Crippen LogP contribution in [0, 0.1) is 11.3 Å². The lowest BCUT2D eigenvalue weighted by atomic mass is 9.85. The second-order valence-electron chi connectivity index (χ2n) is 10.2. The number of methoxy groups -OCH3 is 1. The molecule has 38 heavy (non-hydrogen) atoms. The minimum Gasteiger partial charge on any atom is -0.495 e. The quantitative estimate of drug-likeness (QED) is 0.431. The summed E-state index contributed by atoms with van der Waals surface area (Å²) in [6, 6.07) is 11.2. The van der Waals surface area contributed by atoms with Gasteiger partial charge in [-0.05, 0) is 48.7 Å². The highest BCUT2D eigenvalue weighted by molar-refractivity contribution is 6.34. The minimum atomic E-state index is -0.377. The van der Waals surface area contributed by atoms with Crippen molar-refractivity contribution in [3.05, 3.63) is 58.2 Å². The number of nitriles is 1. The first-order chi connectivity index (χ1) is 18.2. The van der Waals surface area contributed by atoms with Gasteiger partial charge in [0.2, 0.25) is 5.95 Å². The molecule has 2 aromatic carbocycles. The van der Waals surface area contributed by atoms with Crippen molar-refractivity contribution in [3.8, 4) is 23.1 Å². The number of ether oxygens (including phenoxy) is 1. The average Bonchev–Trinajstić information content (AvgIpc) is 3.23. The Labute approximate surface area is 226 Å². The zero-order valence-corrected chi connectivity index (χ0v) is 22.3. The molecule has 0 spiro atoms. The fourth-order valence-corrected chi connectivity index (χ4v) is 5.17. The van der Waals surface area contributed by atoms with E-state index in [0.29, 0.717) is 60.1 Å². The molecule has 0 saturated carbocycles. The molecule has 0 radical (unpaired) electrons. The maximum Gasteiger partial charge on any atom is 0.255 e. The van der Waals surface area contributed by atoms with Gasteiger partial charge in [-0.1, -0.05) is 25.4 Å². The van der Waals surface area contributed by atoms with Crippen molar-refractivity contribution in [2.24, 2.45) is 0 Å². The fourth-order valence-electron chi connectivity index (χ4n) is 4.93. The first kappa shape index (κ1) is 25.8. The van der Waals surface area contributed by atoms with Gasteiger partial charge in [0.05, 0.1) is 46.4 Å². The van der Waals surface area contributed by atoms with Crippen LogP contribution < -0.4 is 15.4 Å². The van der Waals surface area contributed by atoms with E-state index in [0.717, 1.165) is 23.4 Å². The largest absolute Gasteiger partial charge is 0.495 e. The summed E-state index contributed by atoms with van der Waals surface area (Å²) in [4.78, 5) is 23.8. The third-order valence-electron chi connectivity index (χ3n) is 7.16. The highest BCUT2D eigenvalue weighted by Crippen LogP contribution is 2.41. The molecule has 1 amide bonds. The molecule has 2 aliphatic rings. The number of carbonyl (C=O) groups excluding carboxylic acids is 1. The van der Waals surface area contributed by atoms with Crippen molar-refractivity contribution in [2.45, 2.75) is 38.2 Å². The monoisotopic (exact) mass is 532 g/mol. The molecule has 0 unspecified atom stereocenters. The Morgan fingerprint density at radius 1 is 1.29 bits per heavy atom. The maximum absolute atomic E-state index is 13.1. The molecule has 0 bridgehead atoms. The van der Waals surface area contributed by atoms with Gasteiger partial charge in [0.1, 0.15) is 11.8 Å². The van der Waals surface area contributed by atoms with E-state index in [1.807, 2.05) is 6.07 Å². The third kappa shape index (κ3) is 4.85. The van der Waals surface area contributed by atoms with Crippen LogP contribution in [0.5, 0.6) is 5.75 Å². The molecular weight excluding hydrogens is 504 g/mol. The van der Waals surface area contributed by atoms with E-state index in [2.05, 4.69) is 46.6 Å². The van der Waals surface area contributed by atoms with Crippen molar-refractivity contribution < 1.29 is 14.6 Å². The Balaban J connectivity index is 1.43. The molecular formula is C28H29ClN6O3. The van der Waals surface area contributed by atoms with Crippen LogP contribution in [0.4, 0.5) is 17.3 Å². The molecule has 2 aliphatic heterocycles. The third-order valence-corrected chi connectivity index (χ3v) is 7.48. The van der Waals surface area contributed by atoms with Crippen molar-refractivity contribution in [3.63, 3.8) is 0 Å². The molecule has 196 valence electrons. The summed E-state index contributed by atoms with van der Waals surface area (Å²) in [5.41, 5.74) is 4.75. The van der Waals surface area contributed by atoms with Crippen LogP contribution in [0.2, 0.25) is 5.02 Å². The smallest absolute Gasteiger partial charge is 0.255 e. The highest BCUT2D eigenvalue weighted by atomic mass is 35.5. The number of likely N-dealkylation sites (tertiary alicyclic amines) is 1. The molecule has 10 heteroatoms. The van der Waals surface area contributed by atoms with Gasteiger partial charge < -0.3 is 25.4 Å². The van der Waals surface area contributed by atoms with Crippen LogP contribution in [0.15, 0.2) is 36.5 Å². The molecule has 3 heterocycles. The molecule has 1 fully saturated rings. The van der Waals surface area contributed by atoms with Crippen LogP contribution in [0.3, 0.4) is 0 Å². The number of aliphatic hydroxyl groups excluding tert-OH is 1. The first-order valence-corrected chi connectivity index (χ1v) is 12.9. The zero-order valence-electron chi connectivity index (χ0n) is 21.5. The summed E-state index contributed by atoms with van der Waals surface area (Å²) in [7, 11) is 1.51. The number of rotatable bonds is 5. The van der Waals surface area contributed by atoms with E-state index in [4.69, 9.17) is 16.3 Å². The standard InChI is InChI=1S/C28H29ClN6O3/c1-28(2)15-32-25-17(14-30)10-16(11-20(25)28)22-4-7-31-27(33-22)34-23-13-21(29)19(12-24(23)38-3)26(37)35-8-5-18(36)6-9-35/h4,7,10-13,18,32,36H,5-6,8-9,15H2,1-3H3,(H,31,33,34). The first-order valence-electron chi connectivity index (χ1n) is 12.5. The predicted octanol–water partition coefficient (Wildman–Crippen LogP) is 4.72. The lowest BCUT2D eigenvalue weighted by Crippen LogP contribution is -2.40. The number of nitrogens with zero attached hydrogens (tertiary/aromatic N) is 4. The number of aliphatic hydroxyl groups is 1. The number of fused-ring (bicyclic) bond motifs is 1. The summed E-state index contributed by atoms with van der Waals surface area (Å²) in [5, 5.41) is 26.3. The zero-order chi connectivity index (χ0) is 27.0. The number of amides is 1. The van der Waals surface area contributed by atoms with Gasteiger partial charge in [0.15, 0.2) is 0 Å². The average molecular weight is 533 g/mol. The van der Waals surface area contributed by atoms with Gasteiger partial charge in [-0.15, -0.1) is 0 Å². The summed E-state index contributed by atoms with van der Waals surface area (Å²) in [6.07, 6.45) is 2.35. The number of aromatic nitrogens is 2. The van der Waals surface area contributed by atoms with Crippen molar-refractivity contribution in [1.82, 2.24) is 14.9 Å². The number of hydrogen-bond donors (Lipinski definition) is 3. The molecule has 1 aromatic heterocycles. The predicted molar refractivity (Wildman–Crippen MR) is 146 cm³/mol. The van der Waals surface area contributed by atoms with E-state index in [9.17, 15) is 15.2 Å². The number of carbonyl (C=O) groups is 1. The number of benzene rings is 2. The Hall–Kier alpha value is -3.87. The second kappa shape index (κ2) is 10.1. The summed E-state index contributed by atoms with van der Waals surface area (Å²) < 4.78 is 5.56. The normalized spacial score (nSPS) is 16.4. The molecule has 9 nitrogen and oxygen atoms in total. The molecule has 3 aromatic rings. The number of hydrogen-bond acceptors (Lipinski definition) is 8. The van der Waals surface area contributed by atoms with Gasteiger partial charge in [-0.2, -0.15) is 5.26 Å². The molecule has 5 rings (SSSR count). The van der Waals surface area contributed by atoms with Crippen molar-refractivity contribution >= 4 is 34.8 Å². The molecule has 0 aliphatic carbocycles. The molecule has 1 saturated heterocycles. The van der Waals surface area contributed by atoms with Gasteiger partial charge in [0.25, 0.3) is 5.91 Å². The lowest BCUT2D eigenvalue weighted by Gasteiger charge is -2.30. The van der Waals surface area contributed by atoms with E-state index in [1.54, 1.807) is 29.3 Å². The van der Waals surface area contributed by atoms with E-state index in [1.165, 1.54) is 7.11 Å². The van der Waals surface area contributed by atoms with Crippen LogP contribution in [0.1, 0.15) is 48.2 Å². The van der Waals surface area contributed by atoms with Crippen LogP contribution in [-0.4, -0.2) is 58.7 Å². The van der Waals surface area contributed by atoms with Crippen LogP contribution >= 0.6 is 11.6 Å². The Kier molecular flexibility index (Phi) is 6.86. The van der Waals surface area contributed by atoms with Crippen LogP contribution in [0.25, 0.3) is 11.3 Å². The summed E-state index contributed by atoms with van der Waals surface area (Å²) in [5.74, 6) is 0.533. The number of nitrogens with one attached hydrogen (secondary N) is 2. The highest BCUT2D eigenvalue weighted by Gasteiger charge is 2.32. The number of anilines is 3. The van der Waals surface area contributed by atoms with Gasteiger partial charge >= 0.3 is 0 Å². The summed E-state index contributed by atoms with van der Waals surface area (Å²) in [6.45, 7) is 5.99. The van der Waals surface area contributed by atoms with E-state index >= 15 is 0 Å². The molecule has 0 atom stereocenters. The van der Waals surface area contributed by atoms with Gasteiger partial charge in [0, 0.05) is 36.8 Å². The van der Waals surface area contributed by atoms with Crippen molar-refractivity contribution in [1.29, 1.82) is 5.26 Å². The van der Waals surface area contributed by atoms with Gasteiger partial charge in [-0.3, -0.25) is 4.79 Å². The topological polar surface area (TPSA) is 123 Å². The SMILES string of the molecule is COc1cc(C(=O)N2CCC(O)CC2)c(Cl)cc1Nc1nccc(-c2cc(C#N)c3c(c2)C(C)(C)CN3)n1. The Morgan fingerprint density at radius 3 is 2.76 bits per heavy atom. The summed E-state index contributed by atoms with van der Waals surface area (Å²) >= 11 is 6.54. The van der Waals surface area contributed by atoms with E-state index < -0.39 is 0 Å². The number of halogens is 1.